The average Bonchev–Trinajstić information content (AvgIpc) is 2.77. The van der Waals surface area contributed by atoms with E-state index < -0.39 is 0 Å². The fourth-order valence-electron chi connectivity index (χ4n) is 2.79. The number of rotatable bonds is 2. The second kappa shape index (κ2) is 5.22. The van der Waals surface area contributed by atoms with E-state index in [0.29, 0.717) is 32.5 Å². The van der Waals surface area contributed by atoms with Crippen molar-refractivity contribution in [3.63, 3.8) is 0 Å². The summed E-state index contributed by atoms with van der Waals surface area (Å²) in [7, 11) is 0. The van der Waals surface area contributed by atoms with Crippen molar-refractivity contribution in [2.45, 2.75) is 45.2 Å². The van der Waals surface area contributed by atoms with Gasteiger partial charge in [-0.1, -0.05) is 0 Å². The smallest absolute Gasteiger partial charge is 0.340 e. The molecule has 108 valence electrons. The van der Waals surface area contributed by atoms with Gasteiger partial charge in [0.25, 0.3) is 0 Å². The number of fused-ring (bicyclic) bond motifs is 1. The van der Waals surface area contributed by atoms with Gasteiger partial charge in [0.2, 0.25) is 5.91 Å². The van der Waals surface area contributed by atoms with Crippen LogP contribution in [-0.4, -0.2) is 44.0 Å². The Bertz CT molecular complexity index is 591. The summed E-state index contributed by atoms with van der Waals surface area (Å²) in [5.74, 6) is 0.849. The van der Waals surface area contributed by atoms with Crippen LogP contribution in [0.3, 0.4) is 0 Å². The fourth-order valence-corrected chi connectivity index (χ4v) is 2.79. The zero-order valence-corrected chi connectivity index (χ0v) is 11.4. The number of nitrogens with zero attached hydrogens (tertiary/aromatic N) is 4. The van der Waals surface area contributed by atoms with Gasteiger partial charge in [-0.2, -0.15) is 5.10 Å². The third-order valence-electron chi connectivity index (χ3n) is 3.99. The maximum atomic E-state index is 12.1. The van der Waals surface area contributed by atoms with Crippen LogP contribution in [-0.2, 0) is 29.1 Å². The number of likely N-dealkylation sites (tertiary alicyclic amines) is 1. The van der Waals surface area contributed by atoms with Crippen LogP contribution < -0.4 is 5.69 Å². The van der Waals surface area contributed by atoms with Crippen molar-refractivity contribution in [2.24, 2.45) is 0 Å². The summed E-state index contributed by atoms with van der Waals surface area (Å²) in [5, 5.41) is 4.25. The van der Waals surface area contributed by atoms with Gasteiger partial charge in [-0.3, -0.25) is 14.2 Å². The molecule has 0 atom stereocenters. The molecule has 1 amide bonds. The Morgan fingerprint density at radius 1 is 1.05 bits per heavy atom. The summed E-state index contributed by atoms with van der Waals surface area (Å²) in [6, 6.07) is 0. The van der Waals surface area contributed by atoms with E-state index in [9.17, 15) is 14.4 Å². The highest BCUT2D eigenvalue weighted by atomic mass is 16.2. The number of Topliss-reactive ketones (excluding diaryl/α,β-unsaturated/α-hetero) is 1. The highest BCUT2D eigenvalue weighted by Gasteiger charge is 2.23. The summed E-state index contributed by atoms with van der Waals surface area (Å²) in [5.41, 5.74) is -0.193. The summed E-state index contributed by atoms with van der Waals surface area (Å²) >= 11 is 0. The highest BCUT2D eigenvalue weighted by Crippen LogP contribution is 2.10. The van der Waals surface area contributed by atoms with E-state index in [4.69, 9.17) is 0 Å². The topological polar surface area (TPSA) is 77.2 Å². The lowest BCUT2D eigenvalue weighted by Gasteiger charge is -2.25. The van der Waals surface area contributed by atoms with Crippen LogP contribution in [0.25, 0.3) is 0 Å². The van der Waals surface area contributed by atoms with Crippen LogP contribution in [0.15, 0.2) is 4.79 Å². The van der Waals surface area contributed by atoms with Gasteiger partial charge in [0.15, 0.2) is 0 Å². The molecule has 0 aliphatic carbocycles. The van der Waals surface area contributed by atoms with Crippen molar-refractivity contribution in [2.75, 3.05) is 13.1 Å². The Morgan fingerprint density at radius 2 is 1.80 bits per heavy atom. The largest absolute Gasteiger partial charge is 0.346 e. The van der Waals surface area contributed by atoms with Crippen LogP contribution in [0.1, 0.15) is 31.5 Å². The van der Waals surface area contributed by atoms with Gasteiger partial charge in [0.05, 0.1) is 0 Å². The molecule has 1 aromatic rings. The van der Waals surface area contributed by atoms with Gasteiger partial charge < -0.3 is 4.90 Å². The Hall–Kier alpha value is -1.92. The number of aryl methyl sites for hydroxylation is 1. The molecule has 7 heteroatoms. The number of amides is 1. The van der Waals surface area contributed by atoms with Gasteiger partial charge in [0, 0.05) is 38.9 Å². The van der Waals surface area contributed by atoms with E-state index in [1.807, 2.05) is 0 Å². The third-order valence-corrected chi connectivity index (χ3v) is 3.99. The standard InChI is InChI=1S/C13H18N4O3/c18-10-4-7-15(8-5-10)12(19)9-17-13(20)16-6-2-1-3-11(16)14-17/h1-9H2. The molecule has 0 aromatic carbocycles. The SMILES string of the molecule is O=C1CCN(C(=O)Cn2nc3n(c2=O)CCCC3)CC1. The molecule has 3 heterocycles. The Morgan fingerprint density at radius 3 is 2.50 bits per heavy atom. The minimum absolute atomic E-state index is 0.0208. The molecule has 0 radical (unpaired) electrons. The third kappa shape index (κ3) is 2.39. The van der Waals surface area contributed by atoms with Crippen molar-refractivity contribution in [1.82, 2.24) is 19.2 Å². The van der Waals surface area contributed by atoms with Crippen LogP contribution in [0.4, 0.5) is 0 Å². The molecule has 2 aliphatic rings. The van der Waals surface area contributed by atoms with Crippen LogP contribution in [0.2, 0.25) is 0 Å². The Labute approximate surface area is 116 Å². The Balaban J connectivity index is 1.71. The lowest BCUT2D eigenvalue weighted by atomic mass is 10.1. The second-order valence-corrected chi connectivity index (χ2v) is 5.38. The first-order chi connectivity index (χ1) is 9.65. The average molecular weight is 278 g/mol. The maximum absolute atomic E-state index is 12.1. The van der Waals surface area contributed by atoms with Gasteiger partial charge in [-0.15, -0.1) is 0 Å². The number of piperidine rings is 1. The molecule has 0 unspecified atom stereocenters. The molecule has 1 fully saturated rings. The van der Waals surface area contributed by atoms with E-state index in [2.05, 4.69) is 5.10 Å². The first-order valence-electron chi connectivity index (χ1n) is 7.11. The van der Waals surface area contributed by atoms with E-state index in [1.165, 1.54) is 4.68 Å². The predicted molar refractivity (Wildman–Crippen MR) is 70.2 cm³/mol. The van der Waals surface area contributed by atoms with Gasteiger partial charge in [0.1, 0.15) is 18.2 Å². The van der Waals surface area contributed by atoms with Crippen molar-refractivity contribution in [1.29, 1.82) is 0 Å². The van der Waals surface area contributed by atoms with Crippen molar-refractivity contribution in [3.8, 4) is 0 Å². The number of carbonyl (C=O) groups excluding carboxylic acids is 2. The summed E-state index contributed by atoms with van der Waals surface area (Å²) < 4.78 is 2.93. The molecule has 3 rings (SSSR count). The van der Waals surface area contributed by atoms with Gasteiger partial charge >= 0.3 is 5.69 Å². The first kappa shape index (κ1) is 13.1. The fraction of sp³-hybridized carbons (Fsp3) is 0.692. The van der Waals surface area contributed by atoms with E-state index in [-0.39, 0.29) is 23.9 Å². The molecule has 1 saturated heterocycles. The van der Waals surface area contributed by atoms with E-state index in [1.54, 1.807) is 9.47 Å². The predicted octanol–water partition coefficient (Wildman–Crippen LogP) is -0.427. The van der Waals surface area contributed by atoms with Crippen LogP contribution >= 0.6 is 0 Å². The van der Waals surface area contributed by atoms with E-state index in [0.717, 1.165) is 25.1 Å². The lowest BCUT2D eigenvalue weighted by molar-refractivity contribution is -0.135. The summed E-state index contributed by atoms with van der Waals surface area (Å²) in [4.78, 5) is 37.1. The molecule has 0 N–H and O–H groups in total. The highest BCUT2D eigenvalue weighted by molar-refractivity contribution is 5.83. The quantitative estimate of drug-likeness (QED) is 0.735. The molecular formula is C13H18N4O3. The first-order valence-corrected chi connectivity index (χ1v) is 7.11. The van der Waals surface area contributed by atoms with E-state index >= 15 is 0 Å². The Kier molecular flexibility index (Phi) is 3.42. The molecule has 1 aromatic heterocycles. The molecule has 0 saturated carbocycles. The van der Waals surface area contributed by atoms with Crippen molar-refractivity contribution in [3.05, 3.63) is 16.3 Å². The van der Waals surface area contributed by atoms with Crippen molar-refractivity contribution < 1.29 is 9.59 Å². The molecule has 0 spiro atoms. The van der Waals surface area contributed by atoms with Gasteiger partial charge in [-0.05, 0) is 12.8 Å². The number of ketones is 1. The normalized spacial score (nSPS) is 19.0. The lowest BCUT2D eigenvalue weighted by Crippen LogP contribution is -2.42. The number of aromatic nitrogens is 3. The molecule has 20 heavy (non-hydrogen) atoms. The van der Waals surface area contributed by atoms with Crippen LogP contribution in [0, 0.1) is 0 Å². The summed E-state index contributed by atoms with van der Waals surface area (Å²) in [6.07, 6.45) is 3.66. The minimum Gasteiger partial charge on any atom is -0.340 e. The monoisotopic (exact) mass is 278 g/mol. The zero-order chi connectivity index (χ0) is 14.1. The summed E-state index contributed by atoms with van der Waals surface area (Å²) in [6.45, 7) is 1.59. The molecule has 2 aliphatic heterocycles. The number of hydrogen-bond acceptors (Lipinski definition) is 4. The second-order valence-electron chi connectivity index (χ2n) is 5.38. The molecule has 7 nitrogen and oxygen atoms in total. The molecule has 0 bridgehead atoms. The van der Waals surface area contributed by atoms with Crippen LogP contribution in [0.5, 0.6) is 0 Å². The van der Waals surface area contributed by atoms with Crippen molar-refractivity contribution >= 4 is 11.7 Å². The molecular weight excluding hydrogens is 260 g/mol. The number of carbonyl (C=O) groups is 2. The maximum Gasteiger partial charge on any atom is 0.346 e. The zero-order valence-electron chi connectivity index (χ0n) is 11.4. The minimum atomic E-state index is -0.193. The number of hydrogen-bond donors (Lipinski definition) is 0. The van der Waals surface area contributed by atoms with Gasteiger partial charge in [-0.25, -0.2) is 9.48 Å².